The maximum absolute atomic E-state index is 13.7. The van der Waals surface area contributed by atoms with Crippen LogP contribution in [-0.2, 0) is 39.0 Å². The Balaban J connectivity index is 1.53. The summed E-state index contributed by atoms with van der Waals surface area (Å²) in [5.41, 5.74) is 3.42. The maximum atomic E-state index is 13.7. The van der Waals surface area contributed by atoms with Gasteiger partial charge in [-0.05, 0) is 60.6 Å². The zero-order chi connectivity index (χ0) is 21.6. The van der Waals surface area contributed by atoms with Gasteiger partial charge in [0.1, 0.15) is 6.04 Å². The minimum absolute atomic E-state index is 0.0629. The molecule has 162 valence electrons. The fourth-order valence-corrected chi connectivity index (χ4v) is 6.38. The first-order valence-electron chi connectivity index (χ1n) is 10.7. The predicted octanol–water partition coefficient (Wildman–Crippen LogP) is 2.31. The molecule has 7 nitrogen and oxygen atoms in total. The van der Waals surface area contributed by atoms with Crippen LogP contribution in [0.2, 0.25) is 0 Å². The number of nitrogens with zero attached hydrogens (tertiary/aromatic N) is 2. The molecule has 1 fully saturated rings. The minimum atomic E-state index is -3.90. The van der Waals surface area contributed by atoms with Crippen LogP contribution in [-0.4, -0.2) is 48.6 Å². The second-order valence-electron chi connectivity index (χ2n) is 8.44. The number of hydrogen-bond donors (Lipinski definition) is 1. The lowest BCUT2D eigenvalue weighted by Gasteiger charge is -2.37. The Hall–Kier alpha value is -2.71. The van der Waals surface area contributed by atoms with Crippen molar-refractivity contribution in [2.75, 3.05) is 18.4 Å². The summed E-state index contributed by atoms with van der Waals surface area (Å²) in [6.45, 7) is 1.55. The van der Waals surface area contributed by atoms with E-state index in [4.69, 9.17) is 0 Å². The number of rotatable bonds is 3. The molecule has 0 spiro atoms. The number of carbonyl (C=O) groups is 2. The van der Waals surface area contributed by atoms with Crippen molar-refractivity contribution in [3.05, 3.63) is 59.2 Å². The Morgan fingerprint density at radius 3 is 2.48 bits per heavy atom. The molecule has 1 N–H and O–H groups in total. The number of benzene rings is 2. The first-order chi connectivity index (χ1) is 14.9. The molecule has 2 aromatic carbocycles. The van der Waals surface area contributed by atoms with Gasteiger partial charge in [0.25, 0.3) is 0 Å². The smallest absolute Gasteiger partial charge is 0.244 e. The summed E-state index contributed by atoms with van der Waals surface area (Å²) in [6.07, 6.45) is 3.13. The highest BCUT2D eigenvalue weighted by Gasteiger charge is 2.41. The van der Waals surface area contributed by atoms with Crippen LogP contribution in [0.3, 0.4) is 0 Å². The van der Waals surface area contributed by atoms with Crippen molar-refractivity contribution < 1.29 is 18.0 Å². The molecule has 5 rings (SSSR count). The van der Waals surface area contributed by atoms with Gasteiger partial charge in [-0.2, -0.15) is 4.31 Å². The Labute approximate surface area is 182 Å². The number of nitrogens with one attached hydrogen (secondary N) is 1. The molecule has 3 heterocycles. The van der Waals surface area contributed by atoms with Crippen molar-refractivity contribution in [3.8, 4) is 0 Å². The number of anilines is 1. The van der Waals surface area contributed by atoms with E-state index in [-0.39, 0.29) is 23.3 Å². The van der Waals surface area contributed by atoms with Crippen LogP contribution in [0.4, 0.5) is 5.69 Å². The molecule has 2 aromatic rings. The summed E-state index contributed by atoms with van der Waals surface area (Å²) in [5.74, 6) is -0.173. The van der Waals surface area contributed by atoms with E-state index in [0.717, 1.165) is 29.5 Å². The summed E-state index contributed by atoms with van der Waals surface area (Å²) in [7, 11) is -3.90. The molecule has 1 atom stereocenters. The van der Waals surface area contributed by atoms with E-state index >= 15 is 0 Å². The molecule has 8 heteroatoms. The lowest BCUT2D eigenvalue weighted by atomic mass is 9.95. The number of amides is 2. The third-order valence-electron chi connectivity index (χ3n) is 6.49. The number of sulfonamides is 1. The lowest BCUT2D eigenvalue weighted by molar-refractivity contribution is -0.134. The second kappa shape index (κ2) is 7.76. The third kappa shape index (κ3) is 3.64. The first kappa shape index (κ1) is 20.2. The SMILES string of the molecule is O=C1CCc2cc(S(=O)(=O)N3Cc4ccccc4C[C@@H]3C(=O)N3CCCC3)ccc2N1. The van der Waals surface area contributed by atoms with Crippen LogP contribution in [0.1, 0.15) is 36.0 Å². The molecule has 1 saturated heterocycles. The summed E-state index contributed by atoms with van der Waals surface area (Å²) in [6, 6.07) is 11.8. The summed E-state index contributed by atoms with van der Waals surface area (Å²) < 4.78 is 28.9. The lowest BCUT2D eigenvalue weighted by Crippen LogP contribution is -2.53. The van der Waals surface area contributed by atoms with Crippen LogP contribution in [0.15, 0.2) is 47.4 Å². The van der Waals surface area contributed by atoms with Gasteiger partial charge in [0.2, 0.25) is 21.8 Å². The van der Waals surface area contributed by atoms with Gasteiger partial charge in [0.15, 0.2) is 0 Å². The van der Waals surface area contributed by atoms with Gasteiger partial charge >= 0.3 is 0 Å². The molecule has 3 aliphatic rings. The van der Waals surface area contributed by atoms with E-state index in [0.29, 0.717) is 38.0 Å². The minimum Gasteiger partial charge on any atom is -0.341 e. The van der Waals surface area contributed by atoms with E-state index in [9.17, 15) is 18.0 Å². The first-order valence-corrected chi connectivity index (χ1v) is 12.2. The zero-order valence-corrected chi connectivity index (χ0v) is 18.0. The van der Waals surface area contributed by atoms with Crippen LogP contribution in [0, 0.1) is 0 Å². The Bertz CT molecular complexity index is 1160. The Morgan fingerprint density at radius 2 is 1.71 bits per heavy atom. The fourth-order valence-electron chi connectivity index (χ4n) is 4.77. The van der Waals surface area contributed by atoms with Gasteiger partial charge < -0.3 is 10.2 Å². The highest BCUT2D eigenvalue weighted by Crippen LogP contribution is 2.33. The van der Waals surface area contributed by atoms with E-state index < -0.39 is 16.1 Å². The molecule has 0 saturated carbocycles. The average molecular weight is 440 g/mol. The maximum Gasteiger partial charge on any atom is 0.244 e. The van der Waals surface area contributed by atoms with Gasteiger partial charge in [-0.1, -0.05) is 24.3 Å². The number of hydrogen-bond acceptors (Lipinski definition) is 4. The van der Waals surface area contributed by atoms with E-state index in [1.165, 1.54) is 10.4 Å². The fraction of sp³-hybridized carbons (Fsp3) is 0.391. The number of likely N-dealkylation sites (tertiary alicyclic amines) is 1. The van der Waals surface area contributed by atoms with Crippen molar-refractivity contribution >= 4 is 27.5 Å². The van der Waals surface area contributed by atoms with Crippen LogP contribution < -0.4 is 5.32 Å². The molecule has 0 radical (unpaired) electrons. The second-order valence-corrected chi connectivity index (χ2v) is 10.3. The van der Waals surface area contributed by atoms with Crippen LogP contribution >= 0.6 is 0 Å². The topological polar surface area (TPSA) is 86.8 Å². The molecule has 31 heavy (non-hydrogen) atoms. The molecule has 0 unspecified atom stereocenters. The van der Waals surface area contributed by atoms with Crippen LogP contribution in [0.25, 0.3) is 0 Å². The third-order valence-corrected chi connectivity index (χ3v) is 8.34. The Kier molecular flexibility index (Phi) is 5.06. The van der Waals surface area contributed by atoms with Crippen LogP contribution in [0.5, 0.6) is 0 Å². The zero-order valence-electron chi connectivity index (χ0n) is 17.2. The van der Waals surface area contributed by atoms with E-state index in [1.54, 1.807) is 17.0 Å². The monoisotopic (exact) mass is 439 g/mol. The number of aryl methyl sites for hydroxylation is 1. The molecule has 2 amide bonds. The van der Waals surface area contributed by atoms with Crippen molar-refractivity contribution in [1.82, 2.24) is 9.21 Å². The quantitative estimate of drug-likeness (QED) is 0.795. The summed E-state index contributed by atoms with van der Waals surface area (Å²) >= 11 is 0. The summed E-state index contributed by atoms with van der Waals surface area (Å²) in [4.78, 5) is 26.9. The standard InChI is InChI=1S/C23H25N3O4S/c27-22-10-7-17-13-19(8-9-20(17)24-22)31(29,30)26-15-18-6-2-1-5-16(18)14-21(26)23(28)25-11-3-4-12-25/h1-2,5-6,8-9,13,21H,3-4,7,10-12,14-15H2,(H,24,27)/t21-/m1/s1. The van der Waals surface area contributed by atoms with Gasteiger partial charge in [-0.25, -0.2) is 8.42 Å². The highest BCUT2D eigenvalue weighted by molar-refractivity contribution is 7.89. The summed E-state index contributed by atoms with van der Waals surface area (Å²) in [5, 5.41) is 2.79. The highest BCUT2D eigenvalue weighted by atomic mass is 32.2. The van der Waals surface area contributed by atoms with Crippen molar-refractivity contribution in [2.45, 2.75) is 49.6 Å². The van der Waals surface area contributed by atoms with E-state index in [2.05, 4.69) is 5.32 Å². The van der Waals surface area contributed by atoms with Crippen molar-refractivity contribution in [2.24, 2.45) is 0 Å². The van der Waals surface area contributed by atoms with Crippen molar-refractivity contribution in [3.63, 3.8) is 0 Å². The van der Waals surface area contributed by atoms with Gasteiger partial charge in [-0.15, -0.1) is 0 Å². The number of fused-ring (bicyclic) bond motifs is 2. The van der Waals surface area contributed by atoms with Gasteiger partial charge in [-0.3, -0.25) is 9.59 Å². The Morgan fingerprint density at radius 1 is 0.968 bits per heavy atom. The molecule has 0 bridgehead atoms. The largest absolute Gasteiger partial charge is 0.341 e. The number of carbonyl (C=O) groups excluding carboxylic acids is 2. The molecular formula is C23H25N3O4S. The molecular weight excluding hydrogens is 414 g/mol. The van der Waals surface area contributed by atoms with Gasteiger partial charge in [0, 0.05) is 31.7 Å². The van der Waals surface area contributed by atoms with E-state index in [1.807, 2.05) is 24.3 Å². The molecule has 3 aliphatic heterocycles. The molecule has 0 aromatic heterocycles. The molecule has 0 aliphatic carbocycles. The predicted molar refractivity (Wildman–Crippen MR) is 116 cm³/mol. The van der Waals surface area contributed by atoms with Crippen molar-refractivity contribution in [1.29, 1.82) is 0 Å². The van der Waals surface area contributed by atoms with Gasteiger partial charge in [0.05, 0.1) is 4.90 Å². The average Bonchev–Trinajstić information content (AvgIpc) is 3.32. The normalized spacial score (nSPS) is 21.4.